The molecule has 0 saturated heterocycles. The summed E-state index contributed by atoms with van der Waals surface area (Å²) >= 11 is 3.49. The Morgan fingerprint density at radius 1 is 1.20 bits per heavy atom. The Balaban J connectivity index is 1.72. The quantitative estimate of drug-likeness (QED) is 0.123. The van der Waals surface area contributed by atoms with Gasteiger partial charge in [0, 0.05) is 16.7 Å². The summed E-state index contributed by atoms with van der Waals surface area (Å²) in [5, 5.41) is 11.6. The monoisotopic (exact) mass is 463 g/mol. The van der Waals surface area contributed by atoms with Gasteiger partial charge in [0.1, 0.15) is 0 Å². The van der Waals surface area contributed by atoms with Crippen molar-refractivity contribution in [2.75, 3.05) is 5.75 Å². The zero-order chi connectivity index (χ0) is 22.2. The van der Waals surface area contributed by atoms with Gasteiger partial charge in [-0.15, -0.1) is 11.3 Å². The molecule has 0 fully saturated rings. The van der Waals surface area contributed by atoms with Crippen LogP contribution in [0.5, 0.6) is 0 Å². The van der Waals surface area contributed by atoms with Crippen molar-refractivity contribution in [3.8, 4) is 11.3 Å². The summed E-state index contributed by atoms with van der Waals surface area (Å²) in [5.74, 6) is 0.179. The zero-order valence-electron chi connectivity index (χ0n) is 18.6. The molecule has 2 rings (SSSR count). The standard InChI is InChI=1S/C23H33NO3S2Si/c1-23(2,3)30(4,5)27-20(21(25)26)15-11-6-7-12-16-28-22-24-19(17-29-22)18-13-9-8-10-14-18/h8-10,13-15,17H,6-7,11-12,16H2,1-5H3,(H,25,26). The van der Waals surface area contributed by atoms with E-state index >= 15 is 0 Å². The number of carboxylic acids is 1. The number of aliphatic carboxylic acids is 1. The molecule has 1 N–H and O–H groups in total. The lowest BCUT2D eigenvalue weighted by Crippen LogP contribution is -2.41. The number of aromatic nitrogens is 1. The fourth-order valence-corrected chi connectivity index (χ4v) is 5.41. The van der Waals surface area contributed by atoms with Crippen LogP contribution in [0.15, 0.2) is 51.9 Å². The fraction of sp³-hybridized carbons (Fsp3) is 0.478. The highest BCUT2D eigenvalue weighted by molar-refractivity contribution is 8.01. The molecule has 0 amide bonds. The van der Waals surface area contributed by atoms with E-state index in [1.54, 1.807) is 29.2 Å². The summed E-state index contributed by atoms with van der Waals surface area (Å²) in [6, 6.07) is 10.2. The predicted octanol–water partition coefficient (Wildman–Crippen LogP) is 7.45. The van der Waals surface area contributed by atoms with Crippen LogP contribution in [0, 0.1) is 0 Å². The summed E-state index contributed by atoms with van der Waals surface area (Å²) in [6.45, 7) is 10.5. The SMILES string of the molecule is CC(C)(C)[Si](C)(C)OC(=CCCCCCSc1nc(-c2ccccc2)cs1)C(=O)O. The highest BCUT2D eigenvalue weighted by Crippen LogP contribution is 2.38. The number of carbonyl (C=O) groups is 1. The average molecular weight is 464 g/mol. The fourth-order valence-electron chi connectivity index (χ4n) is 2.48. The molecule has 0 aliphatic carbocycles. The first-order valence-electron chi connectivity index (χ1n) is 10.4. The van der Waals surface area contributed by atoms with E-state index in [0.717, 1.165) is 47.0 Å². The van der Waals surface area contributed by atoms with Gasteiger partial charge < -0.3 is 9.53 Å². The summed E-state index contributed by atoms with van der Waals surface area (Å²) < 4.78 is 7.08. The lowest BCUT2D eigenvalue weighted by molar-refractivity contribution is -0.135. The van der Waals surface area contributed by atoms with Gasteiger partial charge in [0.05, 0.1) is 5.69 Å². The van der Waals surface area contributed by atoms with Crippen LogP contribution in [0.3, 0.4) is 0 Å². The lowest BCUT2D eigenvalue weighted by Gasteiger charge is -2.36. The summed E-state index contributed by atoms with van der Waals surface area (Å²) in [7, 11) is -2.13. The Labute approximate surface area is 189 Å². The minimum atomic E-state index is -2.13. The van der Waals surface area contributed by atoms with Crippen molar-refractivity contribution in [3.63, 3.8) is 0 Å². The molecule has 164 valence electrons. The number of carboxylic acid groups (broad SMARTS) is 1. The third-order valence-corrected chi connectivity index (χ3v) is 11.8. The predicted molar refractivity (Wildman–Crippen MR) is 131 cm³/mol. The first kappa shape index (κ1) is 24.7. The van der Waals surface area contributed by atoms with Crippen LogP contribution in [0.25, 0.3) is 11.3 Å². The highest BCUT2D eigenvalue weighted by atomic mass is 32.2. The molecule has 30 heavy (non-hydrogen) atoms. The highest BCUT2D eigenvalue weighted by Gasteiger charge is 2.40. The van der Waals surface area contributed by atoms with Crippen molar-refractivity contribution < 1.29 is 14.3 Å². The van der Waals surface area contributed by atoms with Gasteiger partial charge in [-0.2, -0.15) is 0 Å². The summed E-state index contributed by atoms with van der Waals surface area (Å²) in [4.78, 5) is 16.3. The van der Waals surface area contributed by atoms with E-state index in [9.17, 15) is 9.90 Å². The molecule has 1 aromatic heterocycles. The molecule has 0 unspecified atom stereocenters. The van der Waals surface area contributed by atoms with Crippen molar-refractivity contribution in [2.24, 2.45) is 0 Å². The summed E-state index contributed by atoms with van der Waals surface area (Å²) in [5.41, 5.74) is 2.19. The van der Waals surface area contributed by atoms with E-state index in [1.165, 1.54) is 0 Å². The maximum Gasteiger partial charge on any atom is 0.369 e. The van der Waals surface area contributed by atoms with Gasteiger partial charge >= 0.3 is 5.97 Å². The molecule has 0 radical (unpaired) electrons. The minimum Gasteiger partial charge on any atom is -0.539 e. The molecule has 0 aliphatic heterocycles. The number of allylic oxidation sites excluding steroid dienone is 1. The van der Waals surface area contributed by atoms with Gasteiger partial charge in [-0.3, -0.25) is 0 Å². The summed E-state index contributed by atoms with van der Waals surface area (Å²) in [6.07, 6.45) is 5.60. The van der Waals surface area contributed by atoms with Crippen molar-refractivity contribution in [1.82, 2.24) is 4.98 Å². The Kier molecular flexibility index (Phi) is 9.19. The lowest BCUT2D eigenvalue weighted by atomic mass is 10.2. The van der Waals surface area contributed by atoms with Crippen molar-refractivity contribution in [2.45, 2.75) is 68.9 Å². The molecule has 0 aliphatic rings. The molecule has 0 saturated carbocycles. The number of nitrogens with zero attached hydrogens (tertiary/aromatic N) is 1. The van der Waals surface area contributed by atoms with Gasteiger partial charge in [-0.05, 0) is 43.5 Å². The number of unbranched alkanes of at least 4 members (excludes halogenated alkanes) is 3. The van der Waals surface area contributed by atoms with Crippen LogP contribution in [0.4, 0.5) is 0 Å². The largest absolute Gasteiger partial charge is 0.539 e. The van der Waals surface area contributed by atoms with Crippen LogP contribution < -0.4 is 0 Å². The second-order valence-corrected chi connectivity index (χ2v) is 15.7. The zero-order valence-corrected chi connectivity index (χ0v) is 21.2. The van der Waals surface area contributed by atoms with E-state index in [-0.39, 0.29) is 10.8 Å². The maximum absolute atomic E-state index is 11.6. The third-order valence-electron chi connectivity index (χ3n) is 5.34. The second kappa shape index (κ2) is 11.2. The molecule has 0 atom stereocenters. The van der Waals surface area contributed by atoms with Crippen molar-refractivity contribution in [1.29, 1.82) is 0 Å². The molecule has 1 heterocycles. The van der Waals surface area contributed by atoms with Crippen LogP contribution in [0.2, 0.25) is 18.1 Å². The molecule has 2 aromatic rings. The molecule has 1 aromatic carbocycles. The van der Waals surface area contributed by atoms with Crippen LogP contribution in [-0.2, 0) is 9.22 Å². The Morgan fingerprint density at radius 3 is 2.53 bits per heavy atom. The number of thiazole rings is 1. The first-order chi connectivity index (χ1) is 14.1. The van der Waals surface area contributed by atoms with Gasteiger partial charge in [-0.25, -0.2) is 9.78 Å². The topological polar surface area (TPSA) is 59.4 Å². The minimum absolute atomic E-state index is 0.0189. The van der Waals surface area contributed by atoms with Gasteiger partial charge in [0.15, 0.2) is 10.1 Å². The van der Waals surface area contributed by atoms with E-state index in [1.807, 2.05) is 18.2 Å². The number of rotatable bonds is 11. The smallest absolute Gasteiger partial charge is 0.369 e. The van der Waals surface area contributed by atoms with E-state index < -0.39 is 14.3 Å². The molecule has 0 bridgehead atoms. The maximum atomic E-state index is 11.6. The Morgan fingerprint density at radius 2 is 1.90 bits per heavy atom. The number of hydrogen-bond donors (Lipinski definition) is 1. The van der Waals surface area contributed by atoms with Crippen LogP contribution >= 0.6 is 23.1 Å². The van der Waals surface area contributed by atoms with Crippen molar-refractivity contribution in [3.05, 3.63) is 47.5 Å². The number of hydrogen-bond acceptors (Lipinski definition) is 5. The van der Waals surface area contributed by atoms with Gasteiger partial charge in [0.2, 0.25) is 0 Å². The molecular formula is C23H33NO3S2Si. The van der Waals surface area contributed by atoms with Crippen LogP contribution in [0.1, 0.15) is 46.5 Å². The van der Waals surface area contributed by atoms with Crippen molar-refractivity contribution >= 4 is 37.4 Å². The number of benzene rings is 1. The Bertz CT molecular complexity index is 842. The molecular weight excluding hydrogens is 430 g/mol. The third kappa shape index (κ3) is 7.60. The second-order valence-electron chi connectivity index (χ2n) is 8.80. The normalized spacial score (nSPS) is 12.8. The molecule has 0 spiro atoms. The average Bonchev–Trinajstić information content (AvgIpc) is 3.15. The molecule has 7 heteroatoms. The first-order valence-corrected chi connectivity index (χ1v) is 15.1. The Hall–Kier alpha value is -1.57. The van der Waals surface area contributed by atoms with Gasteiger partial charge in [-0.1, -0.05) is 69.3 Å². The van der Waals surface area contributed by atoms with E-state index in [2.05, 4.69) is 51.4 Å². The van der Waals surface area contributed by atoms with Gasteiger partial charge in [0.25, 0.3) is 8.32 Å². The van der Waals surface area contributed by atoms with E-state index in [4.69, 9.17) is 9.41 Å². The van der Waals surface area contributed by atoms with E-state index in [0.29, 0.717) is 0 Å². The molecule has 4 nitrogen and oxygen atoms in total. The number of thioether (sulfide) groups is 1. The van der Waals surface area contributed by atoms with Crippen LogP contribution in [-0.4, -0.2) is 30.1 Å².